The molecule has 1 aromatic heterocycles. The van der Waals surface area contributed by atoms with Gasteiger partial charge in [0, 0.05) is 25.0 Å². The van der Waals surface area contributed by atoms with Crippen molar-refractivity contribution in [3.8, 4) is 0 Å². The Morgan fingerprint density at radius 3 is 3.00 bits per heavy atom. The average Bonchev–Trinajstić information content (AvgIpc) is 2.99. The van der Waals surface area contributed by atoms with Crippen LogP contribution in [0.1, 0.15) is 55.8 Å². The van der Waals surface area contributed by atoms with Gasteiger partial charge in [-0.15, -0.1) is 0 Å². The van der Waals surface area contributed by atoms with Crippen molar-refractivity contribution in [1.82, 2.24) is 20.4 Å². The van der Waals surface area contributed by atoms with Gasteiger partial charge in [0.1, 0.15) is 0 Å². The van der Waals surface area contributed by atoms with Crippen molar-refractivity contribution in [3.63, 3.8) is 0 Å². The van der Waals surface area contributed by atoms with Crippen LogP contribution in [0, 0.1) is 5.92 Å². The van der Waals surface area contributed by atoms with Crippen LogP contribution >= 0.6 is 0 Å². The molecule has 1 aromatic rings. The van der Waals surface area contributed by atoms with Gasteiger partial charge in [-0.3, -0.25) is 9.69 Å². The quantitative estimate of drug-likeness (QED) is 0.849. The molecule has 2 aliphatic heterocycles. The molecule has 1 N–H and O–H groups in total. The first-order valence-electron chi connectivity index (χ1n) is 8.71. The summed E-state index contributed by atoms with van der Waals surface area (Å²) in [4.78, 5) is 18.9. The molecule has 0 aromatic carbocycles. The zero-order valence-electron chi connectivity index (χ0n) is 13.4. The fourth-order valence-corrected chi connectivity index (χ4v) is 3.43. The Labute approximate surface area is 135 Å². The van der Waals surface area contributed by atoms with E-state index in [1.165, 1.54) is 0 Å². The molecular formula is C16H24N4O3. The Hall–Kier alpha value is -1.47. The highest BCUT2D eigenvalue weighted by atomic mass is 16.5. The highest BCUT2D eigenvalue weighted by molar-refractivity contribution is 5.78. The monoisotopic (exact) mass is 320 g/mol. The van der Waals surface area contributed by atoms with Crippen LogP contribution in [-0.4, -0.2) is 53.8 Å². The number of likely N-dealkylation sites (tertiary alicyclic amines) is 1. The third-order valence-electron chi connectivity index (χ3n) is 5.00. The van der Waals surface area contributed by atoms with E-state index in [4.69, 9.17) is 9.26 Å². The molecule has 1 saturated carbocycles. The Kier molecular flexibility index (Phi) is 4.31. The molecule has 0 bridgehead atoms. The molecule has 1 amide bonds. The lowest BCUT2D eigenvalue weighted by molar-refractivity contribution is -0.122. The van der Waals surface area contributed by atoms with Crippen molar-refractivity contribution in [2.75, 3.05) is 32.8 Å². The fraction of sp³-hybridized carbons (Fsp3) is 0.812. The van der Waals surface area contributed by atoms with Gasteiger partial charge in [0.25, 0.3) is 0 Å². The van der Waals surface area contributed by atoms with Gasteiger partial charge in [-0.2, -0.15) is 4.98 Å². The standard InChI is InChI=1S/C16H24N4O3/c21-14(17-8-11-5-7-22-10-11)9-20-6-1-2-13(20)15-18-16(23-19-15)12-3-4-12/h11-13H,1-10H2,(H,17,21)/t11-,13-/m1/s1. The van der Waals surface area contributed by atoms with E-state index in [0.29, 0.717) is 24.9 Å². The summed E-state index contributed by atoms with van der Waals surface area (Å²) in [6.45, 7) is 3.62. The first-order chi connectivity index (χ1) is 11.3. The molecule has 2 atom stereocenters. The molecule has 126 valence electrons. The van der Waals surface area contributed by atoms with E-state index in [0.717, 1.165) is 63.6 Å². The lowest BCUT2D eigenvalue weighted by Gasteiger charge is -2.21. The van der Waals surface area contributed by atoms with Crippen molar-refractivity contribution in [2.24, 2.45) is 5.92 Å². The summed E-state index contributed by atoms with van der Waals surface area (Å²) in [5.41, 5.74) is 0. The molecule has 23 heavy (non-hydrogen) atoms. The molecule has 7 nitrogen and oxygen atoms in total. The van der Waals surface area contributed by atoms with E-state index in [1.54, 1.807) is 0 Å². The van der Waals surface area contributed by atoms with E-state index >= 15 is 0 Å². The second kappa shape index (κ2) is 6.57. The van der Waals surface area contributed by atoms with Gasteiger partial charge in [-0.1, -0.05) is 5.16 Å². The molecule has 3 heterocycles. The lowest BCUT2D eigenvalue weighted by atomic mass is 10.1. The van der Waals surface area contributed by atoms with Crippen LogP contribution in [0.2, 0.25) is 0 Å². The maximum Gasteiger partial charge on any atom is 0.234 e. The molecule has 0 spiro atoms. The molecule has 3 fully saturated rings. The Bertz CT molecular complexity index is 551. The molecule has 7 heteroatoms. The van der Waals surface area contributed by atoms with Gasteiger partial charge >= 0.3 is 0 Å². The maximum atomic E-state index is 12.2. The van der Waals surface area contributed by atoms with Crippen LogP contribution in [0.15, 0.2) is 4.52 Å². The van der Waals surface area contributed by atoms with E-state index in [9.17, 15) is 4.79 Å². The summed E-state index contributed by atoms with van der Waals surface area (Å²) in [5, 5.41) is 7.18. The number of carbonyl (C=O) groups excluding carboxylic acids is 1. The fourth-order valence-electron chi connectivity index (χ4n) is 3.43. The number of nitrogens with one attached hydrogen (secondary N) is 1. The predicted octanol–water partition coefficient (Wildman–Crippen LogP) is 1.24. The zero-order chi connectivity index (χ0) is 15.6. The van der Waals surface area contributed by atoms with Crippen molar-refractivity contribution in [3.05, 3.63) is 11.7 Å². The summed E-state index contributed by atoms with van der Waals surface area (Å²) in [6, 6.07) is 0.117. The van der Waals surface area contributed by atoms with Crippen LogP contribution in [0.25, 0.3) is 0 Å². The normalized spacial score (nSPS) is 28.3. The van der Waals surface area contributed by atoms with E-state index in [1.807, 2.05) is 0 Å². The number of hydrogen-bond acceptors (Lipinski definition) is 6. The van der Waals surface area contributed by atoms with Crippen molar-refractivity contribution in [2.45, 2.75) is 44.1 Å². The minimum absolute atomic E-state index is 0.0784. The highest BCUT2D eigenvalue weighted by Crippen LogP contribution is 2.40. The number of amides is 1. The average molecular weight is 320 g/mol. The van der Waals surface area contributed by atoms with Gasteiger partial charge in [0.05, 0.1) is 19.2 Å². The SMILES string of the molecule is O=C(CN1CCC[C@@H]1c1noc(C2CC2)n1)NC[C@H]1CCOC1. The third-order valence-corrected chi connectivity index (χ3v) is 5.00. The molecule has 0 unspecified atom stereocenters. The Balaban J connectivity index is 1.30. The summed E-state index contributed by atoms with van der Waals surface area (Å²) in [7, 11) is 0. The molecule has 2 saturated heterocycles. The summed E-state index contributed by atoms with van der Waals surface area (Å²) < 4.78 is 10.7. The van der Waals surface area contributed by atoms with Crippen LogP contribution in [0.5, 0.6) is 0 Å². The smallest absolute Gasteiger partial charge is 0.234 e. The van der Waals surface area contributed by atoms with E-state index in [-0.39, 0.29) is 11.9 Å². The first-order valence-corrected chi connectivity index (χ1v) is 8.71. The van der Waals surface area contributed by atoms with E-state index < -0.39 is 0 Å². The molecule has 1 aliphatic carbocycles. The van der Waals surface area contributed by atoms with Gasteiger partial charge in [0.2, 0.25) is 11.8 Å². The van der Waals surface area contributed by atoms with Crippen LogP contribution < -0.4 is 5.32 Å². The van der Waals surface area contributed by atoms with Crippen molar-refractivity contribution >= 4 is 5.91 Å². The van der Waals surface area contributed by atoms with Gasteiger partial charge in [-0.25, -0.2) is 0 Å². The third kappa shape index (κ3) is 3.55. The minimum Gasteiger partial charge on any atom is -0.381 e. The largest absolute Gasteiger partial charge is 0.381 e. The zero-order valence-corrected chi connectivity index (χ0v) is 13.4. The number of ether oxygens (including phenoxy) is 1. The molecule has 3 aliphatic rings. The van der Waals surface area contributed by atoms with E-state index in [2.05, 4.69) is 20.4 Å². The highest BCUT2D eigenvalue weighted by Gasteiger charge is 2.34. The molecule has 4 rings (SSSR count). The van der Waals surface area contributed by atoms with Crippen LogP contribution in [0.4, 0.5) is 0 Å². The van der Waals surface area contributed by atoms with Gasteiger partial charge < -0.3 is 14.6 Å². The second-order valence-electron chi connectivity index (χ2n) is 6.93. The van der Waals surface area contributed by atoms with Gasteiger partial charge in [-0.05, 0) is 38.6 Å². The number of nitrogens with zero attached hydrogens (tertiary/aromatic N) is 3. The van der Waals surface area contributed by atoms with Crippen molar-refractivity contribution < 1.29 is 14.1 Å². The van der Waals surface area contributed by atoms with Gasteiger partial charge in [0.15, 0.2) is 5.82 Å². The second-order valence-corrected chi connectivity index (χ2v) is 6.93. The molecule has 0 radical (unpaired) electrons. The number of aromatic nitrogens is 2. The molecular weight excluding hydrogens is 296 g/mol. The first kappa shape index (κ1) is 15.1. The minimum atomic E-state index is 0.0784. The maximum absolute atomic E-state index is 12.2. The number of rotatable bonds is 6. The van der Waals surface area contributed by atoms with Crippen molar-refractivity contribution in [1.29, 1.82) is 0 Å². The summed E-state index contributed by atoms with van der Waals surface area (Å²) in [5.74, 6) is 2.54. The van der Waals surface area contributed by atoms with Crippen LogP contribution in [0.3, 0.4) is 0 Å². The Morgan fingerprint density at radius 2 is 2.22 bits per heavy atom. The predicted molar refractivity (Wildman–Crippen MR) is 81.8 cm³/mol. The van der Waals surface area contributed by atoms with Crippen LogP contribution in [-0.2, 0) is 9.53 Å². The Morgan fingerprint density at radius 1 is 1.30 bits per heavy atom. The lowest BCUT2D eigenvalue weighted by Crippen LogP contribution is -2.39. The summed E-state index contributed by atoms with van der Waals surface area (Å²) >= 11 is 0. The summed E-state index contributed by atoms with van der Waals surface area (Å²) in [6.07, 6.45) is 5.42. The topological polar surface area (TPSA) is 80.5 Å². The number of hydrogen-bond donors (Lipinski definition) is 1. The number of carbonyl (C=O) groups is 1.